The van der Waals surface area contributed by atoms with Gasteiger partial charge in [-0.15, -0.1) is 11.8 Å². The Morgan fingerprint density at radius 3 is 2.36 bits per heavy atom. The van der Waals surface area contributed by atoms with E-state index in [1.807, 2.05) is 77.2 Å². The summed E-state index contributed by atoms with van der Waals surface area (Å²) in [6.45, 7) is 4.38. The van der Waals surface area contributed by atoms with E-state index in [1.165, 1.54) is 12.8 Å². The largest absolute Gasteiger partial charge is 0.324 e. The SMILES string of the molecule is Cc1c(-c2ccnc(Nc3ccccc3)n2)c(SC2CCN(C)CC2)nn1-c1ccccc1. The molecule has 6 nitrogen and oxygen atoms in total. The number of hydrogen-bond acceptors (Lipinski definition) is 6. The van der Waals surface area contributed by atoms with Gasteiger partial charge in [-0.25, -0.2) is 14.6 Å². The van der Waals surface area contributed by atoms with Crippen LogP contribution < -0.4 is 5.32 Å². The molecule has 2 aromatic carbocycles. The highest BCUT2D eigenvalue weighted by Crippen LogP contribution is 2.38. The van der Waals surface area contributed by atoms with Gasteiger partial charge in [0.1, 0.15) is 5.03 Å². The van der Waals surface area contributed by atoms with Crippen molar-refractivity contribution in [2.24, 2.45) is 0 Å². The van der Waals surface area contributed by atoms with Crippen LogP contribution in [0.25, 0.3) is 16.9 Å². The summed E-state index contributed by atoms with van der Waals surface area (Å²) >= 11 is 1.89. The average Bonchev–Trinajstić information content (AvgIpc) is 3.17. The zero-order chi connectivity index (χ0) is 22.6. The van der Waals surface area contributed by atoms with Gasteiger partial charge in [-0.1, -0.05) is 36.4 Å². The number of likely N-dealkylation sites (tertiary alicyclic amines) is 1. The highest BCUT2D eigenvalue weighted by molar-refractivity contribution is 8.00. The molecule has 0 spiro atoms. The molecule has 1 aliphatic rings. The summed E-state index contributed by atoms with van der Waals surface area (Å²) in [7, 11) is 2.20. The summed E-state index contributed by atoms with van der Waals surface area (Å²) in [4.78, 5) is 11.7. The minimum Gasteiger partial charge on any atom is -0.324 e. The van der Waals surface area contributed by atoms with Gasteiger partial charge in [0.15, 0.2) is 0 Å². The van der Waals surface area contributed by atoms with Crippen LogP contribution in [0.5, 0.6) is 0 Å². The van der Waals surface area contributed by atoms with E-state index in [9.17, 15) is 0 Å². The van der Waals surface area contributed by atoms with Gasteiger partial charge in [-0.05, 0) is 70.2 Å². The lowest BCUT2D eigenvalue weighted by Crippen LogP contribution is -2.31. The predicted molar refractivity (Wildman–Crippen MR) is 135 cm³/mol. The van der Waals surface area contributed by atoms with Crippen molar-refractivity contribution in [2.45, 2.75) is 30.0 Å². The fourth-order valence-corrected chi connectivity index (χ4v) is 5.40. The predicted octanol–water partition coefficient (Wildman–Crippen LogP) is 5.57. The number of rotatable bonds is 6. The van der Waals surface area contributed by atoms with E-state index in [4.69, 9.17) is 10.1 Å². The minimum absolute atomic E-state index is 0.558. The van der Waals surface area contributed by atoms with Crippen LogP contribution >= 0.6 is 11.8 Å². The van der Waals surface area contributed by atoms with Gasteiger partial charge in [-0.3, -0.25) is 0 Å². The molecule has 0 radical (unpaired) electrons. The van der Waals surface area contributed by atoms with Crippen LogP contribution in [0.4, 0.5) is 11.6 Å². The Bertz CT molecular complexity index is 1200. The zero-order valence-electron chi connectivity index (χ0n) is 19.0. The molecule has 4 aromatic rings. The first kappa shape index (κ1) is 21.7. The summed E-state index contributed by atoms with van der Waals surface area (Å²) in [5, 5.41) is 9.98. The Hall–Kier alpha value is -3.16. The third-order valence-electron chi connectivity index (χ3n) is 5.97. The van der Waals surface area contributed by atoms with Crippen molar-refractivity contribution < 1.29 is 0 Å². The van der Waals surface area contributed by atoms with Crippen molar-refractivity contribution in [1.29, 1.82) is 0 Å². The summed E-state index contributed by atoms with van der Waals surface area (Å²) in [5.74, 6) is 0.584. The number of para-hydroxylation sites is 2. The molecule has 0 amide bonds. The number of thioether (sulfide) groups is 1. The van der Waals surface area contributed by atoms with Gasteiger partial charge in [0.25, 0.3) is 0 Å². The van der Waals surface area contributed by atoms with Crippen LogP contribution in [0.3, 0.4) is 0 Å². The monoisotopic (exact) mass is 456 g/mol. The molecule has 33 heavy (non-hydrogen) atoms. The molecule has 5 rings (SSSR count). The average molecular weight is 457 g/mol. The third kappa shape index (κ3) is 4.94. The molecule has 168 valence electrons. The maximum Gasteiger partial charge on any atom is 0.227 e. The molecule has 1 N–H and O–H groups in total. The topological polar surface area (TPSA) is 58.9 Å². The van der Waals surface area contributed by atoms with E-state index >= 15 is 0 Å². The van der Waals surface area contributed by atoms with E-state index in [0.29, 0.717) is 11.2 Å². The highest BCUT2D eigenvalue weighted by Gasteiger charge is 2.24. The summed E-state index contributed by atoms with van der Waals surface area (Å²) in [6.07, 6.45) is 4.15. The van der Waals surface area contributed by atoms with Crippen molar-refractivity contribution in [3.05, 3.63) is 78.6 Å². The number of aromatic nitrogens is 4. The third-order valence-corrected chi connectivity index (χ3v) is 7.28. The normalized spacial score (nSPS) is 15.0. The molecule has 0 bridgehead atoms. The molecule has 7 heteroatoms. The van der Waals surface area contributed by atoms with Gasteiger partial charge in [0, 0.05) is 17.1 Å². The number of nitrogens with zero attached hydrogens (tertiary/aromatic N) is 5. The van der Waals surface area contributed by atoms with Crippen molar-refractivity contribution in [3.63, 3.8) is 0 Å². The first-order valence-corrected chi connectivity index (χ1v) is 12.2. The molecule has 0 aliphatic carbocycles. The van der Waals surface area contributed by atoms with Crippen LogP contribution in [0.15, 0.2) is 78.0 Å². The molecule has 1 aliphatic heterocycles. The van der Waals surface area contributed by atoms with Gasteiger partial charge in [0.2, 0.25) is 5.95 Å². The molecular weight excluding hydrogens is 428 g/mol. The standard InChI is InChI=1S/C26H28N6S/c1-19-24(23-13-16-27-26(29-23)28-20-9-5-3-6-10-20)25(33-22-14-17-31(2)18-15-22)30-32(19)21-11-7-4-8-12-21/h3-13,16,22H,14-15,17-18H2,1-2H3,(H,27,28,29). The number of piperidine rings is 1. The summed E-state index contributed by atoms with van der Waals surface area (Å²) in [6, 6.07) is 22.3. The molecule has 1 saturated heterocycles. The lowest BCUT2D eigenvalue weighted by atomic mass is 10.1. The second-order valence-corrected chi connectivity index (χ2v) is 9.68. The zero-order valence-corrected chi connectivity index (χ0v) is 19.8. The minimum atomic E-state index is 0.558. The molecule has 0 atom stereocenters. The smallest absolute Gasteiger partial charge is 0.227 e. The van der Waals surface area contributed by atoms with Gasteiger partial charge < -0.3 is 10.2 Å². The van der Waals surface area contributed by atoms with E-state index < -0.39 is 0 Å². The molecular formula is C26H28N6S. The lowest BCUT2D eigenvalue weighted by molar-refractivity contribution is 0.282. The maximum atomic E-state index is 5.07. The molecule has 0 unspecified atom stereocenters. The summed E-state index contributed by atoms with van der Waals surface area (Å²) < 4.78 is 2.04. The van der Waals surface area contributed by atoms with Crippen LogP contribution in [-0.2, 0) is 0 Å². The van der Waals surface area contributed by atoms with E-state index in [2.05, 4.69) is 41.3 Å². The van der Waals surface area contributed by atoms with E-state index in [-0.39, 0.29) is 0 Å². The lowest BCUT2D eigenvalue weighted by Gasteiger charge is -2.28. The van der Waals surface area contributed by atoms with E-state index in [1.54, 1.807) is 0 Å². The number of nitrogens with one attached hydrogen (secondary N) is 1. The Balaban J connectivity index is 1.52. The van der Waals surface area contributed by atoms with E-state index in [0.717, 1.165) is 46.4 Å². The number of benzene rings is 2. The van der Waals surface area contributed by atoms with Crippen molar-refractivity contribution in [2.75, 3.05) is 25.5 Å². The maximum absolute atomic E-state index is 5.07. The van der Waals surface area contributed by atoms with Crippen LogP contribution in [0, 0.1) is 6.92 Å². The van der Waals surface area contributed by atoms with Gasteiger partial charge >= 0.3 is 0 Å². The summed E-state index contributed by atoms with van der Waals surface area (Å²) in [5.41, 5.74) is 5.08. The second-order valence-electron chi connectivity index (χ2n) is 8.39. The van der Waals surface area contributed by atoms with Crippen LogP contribution in [0.2, 0.25) is 0 Å². The first-order chi connectivity index (χ1) is 16.2. The second kappa shape index (κ2) is 9.77. The number of hydrogen-bond donors (Lipinski definition) is 1. The Labute approximate surface area is 199 Å². The first-order valence-electron chi connectivity index (χ1n) is 11.3. The van der Waals surface area contributed by atoms with Gasteiger partial charge in [-0.2, -0.15) is 5.10 Å². The van der Waals surface area contributed by atoms with Crippen molar-refractivity contribution in [1.82, 2.24) is 24.6 Å². The Morgan fingerprint density at radius 1 is 0.939 bits per heavy atom. The molecule has 3 heterocycles. The Kier molecular flexibility index (Phi) is 6.41. The molecule has 0 saturated carbocycles. The molecule has 2 aromatic heterocycles. The highest BCUT2D eigenvalue weighted by atomic mass is 32.2. The Morgan fingerprint density at radius 2 is 1.64 bits per heavy atom. The van der Waals surface area contributed by atoms with Gasteiger partial charge in [0.05, 0.1) is 22.6 Å². The van der Waals surface area contributed by atoms with Crippen LogP contribution in [0.1, 0.15) is 18.5 Å². The molecule has 1 fully saturated rings. The number of anilines is 2. The van der Waals surface area contributed by atoms with Crippen molar-refractivity contribution >= 4 is 23.4 Å². The van der Waals surface area contributed by atoms with Crippen LogP contribution in [-0.4, -0.2) is 50.0 Å². The quantitative estimate of drug-likeness (QED) is 0.409. The van der Waals surface area contributed by atoms with Crippen molar-refractivity contribution in [3.8, 4) is 16.9 Å². The fourth-order valence-electron chi connectivity index (χ4n) is 4.14. The fraction of sp³-hybridized carbons (Fsp3) is 0.269.